The average molecular weight is 335 g/mol. The van der Waals surface area contributed by atoms with E-state index in [0.29, 0.717) is 25.3 Å². The molecule has 1 fully saturated rings. The zero-order chi connectivity index (χ0) is 18.0. The molecule has 1 heterocycles. The number of likely N-dealkylation sites (tertiary alicyclic amines) is 1. The van der Waals surface area contributed by atoms with E-state index in [4.69, 9.17) is 0 Å². The van der Waals surface area contributed by atoms with E-state index in [1.165, 1.54) is 6.07 Å². The highest BCUT2D eigenvalue weighted by atomic mass is 16.6. The van der Waals surface area contributed by atoms with Gasteiger partial charge < -0.3 is 15.2 Å². The van der Waals surface area contributed by atoms with E-state index < -0.39 is 16.6 Å². The lowest BCUT2D eigenvalue weighted by Crippen LogP contribution is -2.71. The number of anilines is 1. The van der Waals surface area contributed by atoms with Gasteiger partial charge in [0.05, 0.1) is 23.6 Å². The number of hydrogen-bond donors (Lipinski definition) is 1. The van der Waals surface area contributed by atoms with Crippen LogP contribution < -0.4 is 10.4 Å². The molecule has 1 aromatic carbocycles. The number of piperidine rings is 1. The van der Waals surface area contributed by atoms with Gasteiger partial charge in [-0.15, -0.1) is 0 Å². The van der Waals surface area contributed by atoms with Crippen LogP contribution in [0.3, 0.4) is 0 Å². The van der Waals surface area contributed by atoms with E-state index in [1.807, 2.05) is 20.8 Å². The molecule has 1 N–H and O–H groups in total. The maximum absolute atomic E-state index is 11.8. The molecule has 2 atom stereocenters. The molecular formula is C17H25N3O4. The van der Waals surface area contributed by atoms with E-state index in [-0.39, 0.29) is 16.1 Å². The molecule has 1 aliphatic heterocycles. The Bertz CT molecular complexity index is 627. The quantitative estimate of drug-likeness (QED) is 0.518. The number of carbonyl (C=O) groups is 1. The maximum atomic E-state index is 11.8. The Labute approximate surface area is 142 Å². The standard InChI is InChI=1S/C17H25N3O4/c1-17(2,3)20(16(21)22)10-6-7-13(12-20)11-18-14-8-4-5-9-15(14)19(23)24/h4-5,8-9,13,18H,6-7,10-12H2,1-3H3/t13-,20?/m1/s1. The first-order valence-corrected chi connectivity index (χ1v) is 8.23. The molecule has 0 aliphatic carbocycles. The number of nitro benzene ring substituents is 1. The van der Waals surface area contributed by atoms with Crippen LogP contribution >= 0.6 is 0 Å². The molecule has 0 bridgehead atoms. The molecule has 1 aromatic rings. The second-order valence-electron chi connectivity index (χ2n) is 7.47. The summed E-state index contributed by atoms with van der Waals surface area (Å²) in [5, 5.41) is 26.0. The van der Waals surface area contributed by atoms with Crippen LogP contribution in [0.15, 0.2) is 24.3 Å². The van der Waals surface area contributed by atoms with Crippen molar-refractivity contribution < 1.29 is 19.3 Å². The molecule has 7 nitrogen and oxygen atoms in total. The van der Waals surface area contributed by atoms with Crippen molar-refractivity contribution >= 4 is 17.5 Å². The van der Waals surface area contributed by atoms with Gasteiger partial charge in [-0.1, -0.05) is 12.1 Å². The molecule has 1 aliphatic rings. The molecule has 0 radical (unpaired) electrons. The Morgan fingerprint density at radius 1 is 1.38 bits per heavy atom. The molecule has 7 heteroatoms. The predicted octanol–water partition coefficient (Wildman–Crippen LogP) is 2.38. The third kappa shape index (κ3) is 3.51. The van der Waals surface area contributed by atoms with Crippen molar-refractivity contribution in [1.82, 2.24) is 0 Å². The minimum Gasteiger partial charge on any atom is -0.498 e. The number of para-hydroxylation sites is 2. The van der Waals surface area contributed by atoms with Crippen LogP contribution in [0.4, 0.5) is 16.2 Å². The first-order chi connectivity index (χ1) is 11.2. The lowest BCUT2D eigenvalue weighted by atomic mass is 9.89. The summed E-state index contributed by atoms with van der Waals surface area (Å²) in [4.78, 5) is 22.5. The minimum absolute atomic E-state index is 0.0322. The number of amides is 1. The van der Waals surface area contributed by atoms with Crippen LogP contribution in [0.2, 0.25) is 0 Å². The largest absolute Gasteiger partial charge is 0.498 e. The van der Waals surface area contributed by atoms with Crippen LogP contribution in [0.5, 0.6) is 0 Å². The van der Waals surface area contributed by atoms with Gasteiger partial charge in [0.15, 0.2) is 0 Å². The lowest BCUT2D eigenvalue weighted by molar-refractivity contribution is -0.926. The Morgan fingerprint density at radius 2 is 2.04 bits per heavy atom. The molecule has 0 aromatic heterocycles. The normalized spacial score (nSPS) is 24.4. The van der Waals surface area contributed by atoms with E-state index in [0.717, 1.165) is 12.8 Å². The van der Waals surface area contributed by atoms with Crippen molar-refractivity contribution in [2.75, 3.05) is 25.0 Å². The van der Waals surface area contributed by atoms with Crippen LogP contribution in [0.25, 0.3) is 0 Å². The van der Waals surface area contributed by atoms with Crippen LogP contribution in [0, 0.1) is 16.0 Å². The van der Waals surface area contributed by atoms with Gasteiger partial charge >= 0.3 is 0 Å². The van der Waals surface area contributed by atoms with Gasteiger partial charge in [0.2, 0.25) is 0 Å². The molecular weight excluding hydrogens is 310 g/mol. The molecule has 24 heavy (non-hydrogen) atoms. The highest BCUT2D eigenvalue weighted by Crippen LogP contribution is 2.33. The molecule has 2 rings (SSSR count). The van der Waals surface area contributed by atoms with Crippen LogP contribution in [-0.4, -0.2) is 40.7 Å². The summed E-state index contributed by atoms with van der Waals surface area (Å²) >= 11 is 0. The number of rotatable bonds is 4. The Morgan fingerprint density at radius 3 is 2.62 bits per heavy atom. The second kappa shape index (κ2) is 6.76. The van der Waals surface area contributed by atoms with Gasteiger partial charge in [-0.3, -0.25) is 14.6 Å². The van der Waals surface area contributed by atoms with Crippen molar-refractivity contribution in [3.63, 3.8) is 0 Å². The summed E-state index contributed by atoms with van der Waals surface area (Å²) in [6, 6.07) is 6.50. The van der Waals surface area contributed by atoms with E-state index in [1.54, 1.807) is 18.2 Å². The first-order valence-electron chi connectivity index (χ1n) is 8.23. The van der Waals surface area contributed by atoms with Gasteiger partial charge in [-0.25, -0.2) is 0 Å². The van der Waals surface area contributed by atoms with Crippen LogP contribution in [0.1, 0.15) is 33.6 Å². The lowest BCUT2D eigenvalue weighted by Gasteiger charge is -2.52. The number of nitrogens with one attached hydrogen (secondary N) is 1. The summed E-state index contributed by atoms with van der Waals surface area (Å²) in [7, 11) is 0. The Hall–Kier alpha value is -2.15. The van der Waals surface area contributed by atoms with E-state index in [9.17, 15) is 20.0 Å². The Kier molecular flexibility index (Phi) is 5.13. The van der Waals surface area contributed by atoms with E-state index >= 15 is 0 Å². The number of nitro groups is 1. The number of quaternary nitrogens is 1. The van der Waals surface area contributed by atoms with Crippen molar-refractivity contribution in [1.29, 1.82) is 0 Å². The van der Waals surface area contributed by atoms with Crippen LogP contribution in [-0.2, 0) is 0 Å². The van der Waals surface area contributed by atoms with Crippen molar-refractivity contribution in [3.05, 3.63) is 34.4 Å². The summed E-state index contributed by atoms with van der Waals surface area (Å²) in [5.74, 6) is 0.121. The predicted molar refractivity (Wildman–Crippen MR) is 89.5 cm³/mol. The van der Waals surface area contributed by atoms with Gasteiger partial charge in [0.1, 0.15) is 5.69 Å². The van der Waals surface area contributed by atoms with E-state index in [2.05, 4.69) is 5.32 Å². The summed E-state index contributed by atoms with van der Waals surface area (Å²) in [6.45, 7) is 7.30. The maximum Gasteiger partial charge on any atom is 0.292 e. The highest BCUT2D eigenvalue weighted by Gasteiger charge is 2.46. The van der Waals surface area contributed by atoms with Crippen molar-refractivity contribution in [2.45, 2.75) is 39.2 Å². The number of carboxylic acid groups (broad SMARTS) is 1. The Balaban J connectivity index is 2.12. The monoisotopic (exact) mass is 335 g/mol. The summed E-state index contributed by atoms with van der Waals surface area (Å²) < 4.78 is -0.0732. The molecule has 1 saturated heterocycles. The van der Waals surface area contributed by atoms with Crippen molar-refractivity contribution in [3.8, 4) is 0 Å². The van der Waals surface area contributed by atoms with Gasteiger partial charge in [0.25, 0.3) is 11.8 Å². The third-order valence-corrected chi connectivity index (χ3v) is 5.04. The highest BCUT2D eigenvalue weighted by molar-refractivity contribution is 5.61. The van der Waals surface area contributed by atoms with Gasteiger partial charge in [-0.05, 0) is 39.7 Å². The molecule has 132 valence electrons. The number of carbonyl (C=O) groups excluding carboxylic acids is 1. The number of benzene rings is 1. The second-order valence-corrected chi connectivity index (χ2v) is 7.47. The summed E-state index contributed by atoms with van der Waals surface area (Å²) in [6.07, 6.45) is 0.656. The molecule has 0 spiro atoms. The fraction of sp³-hybridized carbons (Fsp3) is 0.588. The minimum atomic E-state index is -1.04. The molecule has 1 amide bonds. The topological polar surface area (TPSA) is 95.3 Å². The zero-order valence-corrected chi connectivity index (χ0v) is 14.4. The number of hydrogen-bond acceptors (Lipinski definition) is 5. The zero-order valence-electron chi connectivity index (χ0n) is 14.4. The number of nitrogens with zero attached hydrogens (tertiary/aromatic N) is 2. The first kappa shape index (κ1) is 18.2. The smallest absolute Gasteiger partial charge is 0.292 e. The molecule has 1 unspecified atom stereocenters. The fourth-order valence-corrected chi connectivity index (χ4v) is 3.53. The van der Waals surface area contributed by atoms with Gasteiger partial charge in [0, 0.05) is 18.5 Å². The average Bonchev–Trinajstić information content (AvgIpc) is 2.52. The summed E-state index contributed by atoms with van der Waals surface area (Å²) in [5.41, 5.74) is 0.0520. The molecule has 0 saturated carbocycles. The van der Waals surface area contributed by atoms with Crippen molar-refractivity contribution in [2.24, 2.45) is 5.92 Å². The van der Waals surface area contributed by atoms with Gasteiger partial charge in [-0.2, -0.15) is 0 Å². The third-order valence-electron chi connectivity index (χ3n) is 5.04. The SMILES string of the molecule is CC(C)(C)[N+]1(C(=O)[O-])CCC[C@H](CNc2ccccc2[N+](=O)[O-])C1. The fourth-order valence-electron chi connectivity index (χ4n) is 3.53.